The fourth-order valence-corrected chi connectivity index (χ4v) is 5.50. The molecule has 37 heavy (non-hydrogen) atoms. The van der Waals surface area contributed by atoms with Gasteiger partial charge < -0.3 is 23.7 Å². The molecule has 2 aromatic rings. The van der Waals surface area contributed by atoms with Crippen molar-refractivity contribution >= 4 is 92.8 Å². The molecule has 0 heterocycles. The lowest BCUT2D eigenvalue weighted by Crippen LogP contribution is -2.28. The fraction of sp³-hybridized carbons (Fsp3) is 0.167. The Kier molecular flexibility index (Phi) is 8.84. The van der Waals surface area contributed by atoms with Crippen molar-refractivity contribution in [1.29, 1.82) is 0 Å². The average molecular weight is 666 g/mol. The largest absolute Gasteiger partial charge is 0.457 e. The summed E-state index contributed by atoms with van der Waals surface area (Å²) >= 11 is 49.8. The molecule has 2 aliphatic carbocycles. The van der Waals surface area contributed by atoms with Crippen molar-refractivity contribution in [2.75, 3.05) is 14.2 Å². The fourth-order valence-electron chi connectivity index (χ4n) is 3.26. The standard InChI is InChI=1S/C24H14Cl8O5/c1-33-23(31)19(29)15(25)17(27)21(23)36-13-7-3-11(4-8-13)35-12-5-9-14(10-6-12)37-22-18(28)16(26)20(30)24(22,32)34-2/h3-10H,1-2H3. The van der Waals surface area contributed by atoms with Crippen LogP contribution in [-0.4, -0.2) is 24.3 Å². The molecule has 0 radical (unpaired) electrons. The highest BCUT2D eigenvalue weighted by molar-refractivity contribution is 6.54. The number of hydrogen-bond acceptors (Lipinski definition) is 5. The molecule has 2 atom stereocenters. The Bertz CT molecular complexity index is 1250. The van der Waals surface area contributed by atoms with E-state index < -0.39 is 10.1 Å². The van der Waals surface area contributed by atoms with Crippen LogP contribution in [0.4, 0.5) is 0 Å². The zero-order valence-corrected chi connectivity index (χ0v) is 24.7. The number of alkyl halides is 2. The highest BCUT2D eigenvalue weighted by Gasteiger charge is 2.49. The number of rotatable bonds is 8. The minimum Gasteiger partial charge on any atom is -0.457 e. The molecule has 0 spiro atoms. The van der Waals surface area contributed by atoms with Gasteiger partial charge >= 0.3 is 0 Å². The van der Waals surface area contributed by atoms with E-state index in [0.29, 0.717) is 23.0 Å². The van der Waals surface area contributed by atoms with E-state index in [1.165, 1.54) is 14.2 Å². The summed E-state index contributed by atoms with van der Waals surface area (Å²) in [6, 6.07) is 13.3. The van der Waals surface area contributed by atoms with Gasteiger partial charge in [0.1, 0.15) is 33.1 Å². The molecular weight excluding hydrogens is 652 g/mol. The van der Waals surface area contributed by atoms with Gasteiger partial charge in [0, 0.05) is 14.2 Å². The van der Waals surface area contributed by atoms with Gasteiger partial charge in [-0.2, -0.15) is 0 Å². The quantitative estimate of drug-likeness (QED) is 0.263. The Labute approximate surface area is 252 Å². The van der Waals surface area contributed by atoms with E-state index in [2.05, 4.69) is 0 Å². The minimum absolute atomic E-state index is 0.0126. The van der Waals surface area contributed by atoms with E-state index >= 15 is 0 Å². The first-order valence-corrected chi connectivity index (χ1v) is 13.1. The molecule has 2 unspecified atom stereocenters. The molecule has 196 valence electrons. The molecule has 13 heteroatoms. The SMILES string of the molecule is COC1(Cl)C(Cl)=C(Cl)C(Cl)=C1Oc1ccc(Oc2ccc(OC3=C(Cl)C(Cl)=C(Cl)C3(Cl)OC)cc2)cc1. The Balaban J connectivity index is 1.43. The van der Waals surface area contributed by atoms with Gasteiger partial charge in [-0.3, -0.25) is 0 Å². The van der Waals surface area contributed by atoms with Crippen LogP contribution in [-0.2, 0) is 9.47 Å². The molecule has 2 aliphatic rings. The van der Waals surface area contributed by atoms with E-state index in [1.54, 1.807) is 48.5 Å². The Morgan fingerprint density at radius 1 is 0.459 bits per heavy atom. The van der Waals surface area contributed by atoms with Gasteiger partial charge in [0.2, 0.25) is 10.1 Å². The highest BCUT2D eigenvalue weighted by Crippen LogP contribution is 2.52. The van der Waals surface area contributed by atoms with Gasteiger partial charge in [-0.15, -0.1) is 0 Å². The molecule has 0 aromatic heterocycles. The Hall–Kier alpha value is -0.960. The number of ether oxygens (including phenoxy) is 5. The van der Waals surface area contributed by atoms with Crippen molar-refractivity contribution in [2.45, 2.75) is 10.1 Å². The van der Waals surface area contributed by atoms with Gasteiger partial charge in [-0.25, -0.2) is 0 Å². The second-order valence-electron chi connectivity index (χ2n) is 7.39. The second kappa shape index (κ2) is 11.3. The molecule has 2 aromatic carbocycles. The van der Waals surface area contributed by atoms with Crippen molar-refractivity contribution in [3.05, 3.63) is 90.2 Å². The van der Waals surface area contributed by atoms with Crippen LogP contribution in [0.1, 0.15) is 0 Å². The first kappa shape index (κ1) is 29.0. The first-order chi connectivity index (χ1) is 17.5. The summed E-state index contributed by atoms with van der Waals surface area (Å²) in [5.41, 5.74) is 0. The van der Waals surface area contributed by atoms with Gasteiger partial charge in [0.05, 0.1) is 20.1 Å². The molecule has 0 N–H and O–H groups in total. The summed E-state index contributed by atoms with van der Waals surface area (Å²) in [5, 5.41) is -3.00. The molecule has 0 fully saturated rings. The summed E-state index contributed by atoms with van der Waals surface area (Å²) in [4.78, 5) is 0. The number of halogens is 8. The molecule has 5 nitrogen and oxygen atoms in total. The third-order valence-electron chi connectivity index (χ3n) is 5.20. The molecule has 0 aliphatic heterocycles. The number of benzene rings is 2. The van der Waals surface area contributed by atoms with Gasteiger partial charge in [-0.1, -0.05) is 92.8 Å². The lowest BCUT2D eigenvalue weighted by molar-refractivity contribution is 0.0994. The van der Waals surface area contributed by atoms with Crippen molar-refractivity contribution < 1.29 is 23.7 Å². The smallest absolute Gasteiger partial charge is 0.239 e. The van der Waals surface area contributed by atoms with E-state index in [-0.39, 0.29) is 41.7 Å². The molecule has 0 saturated carbocycles. The van der Waals surface area contributed by atoms with Crippen molar-refractivity contribution in [3.8, 4) is 23.0 Å². The molecule has 0 bridgehead atoms. The van der Waals surface area contributed by atoms with Crippen molar-refractivity contribution in [3.63, 3.8) is 0 Å². The topological polar surface area (TPSA) is 46.2 Å². The van der Waals surface area contributed by atoms with E-state index in [9.17, 15) is 0 Å². The average Bonchev–Trinajstić information content (AvgIpc) is 3.17. The maximum Gasteiger partial charge on any atom is 0.239 e. The van der Waals surface area contributed by atoms with Crippen molar-refractivity contribution in [1.82, 2.24) is 0 Å². The van der Waals surface area contributed by atoms with Gasteiger partial charge in [0.15, 0.2) is 11.5 Å². The summed E-state index contributed by atoms with van der Waals surface area (Å²) in [6.07, 6.45) is 0. The summed E-state index contributed by atoms with van der Waals surface area (Å²) in [6.45, 7) is 0. The number of hydrogen-bond donors (Lipinski definition) is 0. The normalized spacial score (nSPS) is 23.9. The van der Waals surface area contributed by atoms with Crippen LogP contribution in [0.2, 0.25) is 0 Å². The van der Waals surface area contributed by atoms with Crippen LogP contribution in [0.3, 0.4) is 0 Å². The first-order valence-electron chi connectivity index (χ1n) is 10.1. The third-order valence-corrected chi connectivity index (χ3v) is 9.20. The van der Waals surface area contributed by atoms with Crippen LogP contribution in [0, 0.1) is 0 Å². The van der Waals surface area contributed by atoms with Crippen LogP contribution >= 0.6 is 92.8 Å². The lowest BCUT2D eigenvalue weighted by atomic mass is 10.3. The van der Waals surface area contributed by atoms with E-state index in [0.717, 1.165) is 0 Å². The molecule has 0 amide bonds. The van der Waals surface area contributed by atoms with Crippen LogP contribution in [0.5, 0.6) is 23.0 Å². The Morgan fingerprint density at radius 3 is 1.00 bits per heavy atom. The van der Waals surface area contributed by atoms with Crippen LogP contribution < -0.4 is 14.2 Å². The zero-order valence-electron chi connectivity index (χ0n) is 18.7. The minimum atomic E-state index is -1.62. The summed E-state index contributed by atoms with van der Waals surface area (Å²) < 4.78 is 28.1. The second-order valence-corrected chi connectivity index (χ2v) is 10.7. The highest BCUT2D eigenvalue weighted by atomic mass is 35.5. The molecule has 0 saturated heterocycles. The maximum absolute atomic E-state index is 6.42. The zero-order chi connectivity index (χ0) is 27.1. The van der Waals surface area contributed by atoms with Gasteiger partial charge in [-0.05, 0) is 48.5 Å². The van der Waals surface area contributed by atoms with Crippen LogP contribution in [0.15, 0.2) is 90.2 Å². The summed E-state index contributed by atoms with van der Waals surface area (Å²) in [7, 11) is 2.71. The lowest BCUT2D eigenvalue weighted by Gasteiger charge is -2.24. The molecular formula is C24H14Cl8O5. The Morgan fingerprint density at radius 2 is 0.730 bits per heavy atom. The summed E-state index contributed by atoms with van der Waals surface area (Å²) in [5.74, 6) is 1.96. The molecule has 4 rings (SSSR count). The van der Waals surface area contributed by atoms with E-state index in [4.69, 9.17) is 116 Å². The number of allylic oxidation sites excluding steroid dienone is 4. The predicted octanol–water partition coefficient (Wildman–Crippen LogP) is 9.71. The monoisotopic (exact) mass is 662 g/mol. The van der Waals surface area contributed by atoms with E-state index in [1.807, 2.05) is 0 Å². The number of methoxy groups -OCH3 is 2. The van der Waals surface area contributed by atoms with Crippen LogP contribution in [0.25, 0.3) is 0 Å². The van der Waals surface area contributed by atoms with Gasteiger partial charge in [0.25, 0.3) is 0 Å². The van der Waals surface area contributed by atoms with Crippen molar-refractivity contribution in [2.24, 2.45) is 0 Å². The maximum atomic E-state index is 6.42. The predicted molar refractivity (Wildman–Crippen MR) is 149 cm³/mol. The third kappa shape index (κ3) is 5.29.